The van der Waals surface area contributed by atoms with Crippen molar-refractivity contribution in [3.63, 3.8) is 0 Å². The Hall–Kier alpha value is -2.12. The van der Waals surface area contributed by atoms with Gasteiger partial charge in [0.2, 0.25) is 0 Å². The van der Waals surface area contributed by atoms with Gasteiger partial charge in [0.25, 0.3) is 0 Å². The molecule has 3 atom stereocenters. The minimum Gasteiger partial charge on any atom is -0.497 e. The Morgan fingerprint density at radius 2 is 1.32 bits per heavy atom. The van der Waals surface area contributed by atoms with Gasteiger partial charge in [-0.3, -0.25) is 0 Å². The van der Waals surface area contributed by atoms with Gasteiger partial charge < -0.3 is 29.2 Å². The molecule has 154 valence electrons. The van der Waals surface area contributed by atoms with E-state index >= 15 is 0 Å². The van der Waals surface area contributed by atoms with Crippen LogP contribution in [0.15, 0.2) is 48.5 Å². The first-order chi connectivity index (χ1) is 13.6. The van der Waals surface area contributed by atoms with Gasteiger partial charge in [0.15, 0.2) is 0 Å². The number of methoxy groups -OCH3 is 2. The van der Waals surface area contributed by atoms with E-state index in [9.17, 15) is 10.2 Å². The largest absolute Gasteiger partial charge is 0.497 e. The minimum atomic E-state index is -0.870. The number of benzene rings is 2. The Bertz CT molecular complexity index is 670. The van der Waals surface area contributed by atoms with E-state index in [0.29, 0.717) is 19.8 Å². The second kappa shape index (κ2) is 11.7. The van der Waals surface area contributed by atoms with E-state index in [2.05, 4.69) is 0 Å². The summed E-state index contributed by atoms with van der Waals surface area (Å²) >= 11 is 0. The predicted molar refractivity (Wildman–Crippen MR) is 106 cm³/mol. The van der Waals surface area contributed by atoms with Gasteiger partial charge in [0.05, 0.1) is 52.9 Å². The van der Waals surface area contributed by atoms with Crippen LogP contribution in [0.5, 0.6) is 11.5 Å². The van der Waals surface area contributed by atoms with Gasteiger partial charge in [-0.1, -0.05) is 31.2 Å². The molecular weight excluding hydrogens is 360 g/mol. The van der Waals surface area contributed by atoms with Crippen molar-refractivity contribution in [2.45, 2.75) is 32.3 Å². The van der Waals surface area contributed by atoms with Crippen molar-refractivity contribution in [1.82, 2.24) is 0 Å². The van der Waals surface area contributed by atoms with Crippen molar-refractivity contribution in [3.05, 3.63) is 59.7 Å². The van der Waals surface area contributed by atoms with E-state index in [4.69, 9.17) is 18.9 Å². The summed E-state index contributed by atoms with van der Waals surface area (Å²) < 4.78 is 22.1. The Morgan fingerprint density at radius 1 is 0.821 bits per heavy atom. The second-order valence-electron chi connectivity index (χ2n) is 6.67. The number of ether oxygens (including phenoxy) is 4. The van der Waals surface area contributed by atoms with E-state index in [1.165, 1.54) is 0 Å². The fourth-order valence-corrected chi connectivity index (χ4v) is 2.71. The molecule has 0 radical (unpaired) electrons. The van der Waals surface area contributed by atoms with Crippen LogP contribution in [0.2, 0.25) is 0 Å². The maximum absolute atomic E-state index is 10.0. The number of rotatable bonds is 12. The van der Waals surface area contributed by atoms with Gasteiger partial charge in [-0.25, -0.2) is 0 Å². The molecule has 2 rings (SSSR count). The molecule has 28 heavy (non-hydrogen) atoms. The average Bonchev–Trinajstić information content (AvgIpc) is 2.75. The van der Waals surface area contributed by atoms with Crippen molar-refractivity contribution >= 4 is 0 Å². The number of aliphatic hydroxyl groups is 2. The second-order valence-corrected chi connectivity index (χ2v) is 6.67. The zero-order chi connectivity index (χ0) is 20.4. The van der Waals surface area contributed by atoms with Crippen molar-refractivity contribution < 1.29 is 29.2 Å². The zero-order valence-electron chi connectivity index (χ0n) is 16.7. The highest BCUT2D eigenvalue weighted by Crippen LogP contribution is 2.18. The van der Waals surface area contributed by atoms with Crippen LogP contribution in [-0.2, 0) is 22.7 Å². The van der Waals surface area contributed by atoms with Gasteiger partial charge >= 0.3 is 0 Å². The van der Waals surface area contributed by atoms with Crippen LogP contribution in [0.1, 0.15) is 18.1 Å². The monoisotopic (exact) mass is 390 g/mol. The third kappa shape index (κ3) is 6.80. The molecule has 0 aromatic heterocycles. The lowest BCUT2D eigenvalue weighted by molar-refractivity contribution is -0.0898. The molecule has 0 unspecified atom stereocenters. The lowest BCUT2D eigenvalue weighted by Crippen LogP contribution is -2.37. The summed E-state index contributed by atoms with van der Waals surface area (Å²) in [7, 11) is 3.25. The summed E-state index contributed by atoms with van der Waals surface area (Å²) in [6, 6.07) is 15.3. The van der Waals surface area contributed by atoms with E-state index in [1.54, 1.807) is 14.2 Å². The third-order valence-electron chi connectivity index (χ3n) is 4.71. The molecule has 0 aliphatic rings. The highest BCUT2D eigenvalue weighted by molar-refractivity contribution is 5.27. The maximum Gasteiger partial charge on any atom is 0.118 e. The summed E-state index contributed by atoms with van der Waals surface area (Å²) in [5, 5.41) is 19.3. The summed E-state index contributed by atoms with van der Waals surface area (Å²) in [4.78, 5) is 0. The van der Waals surface area contributed by atoms with Gasteiger partial charge in [0.1, 0.15) is 11.5 Å². The Morgan fingerprint density at radius 3 is 1.79 bits per heavy atom. The highest BCUT2D eigenvalue weighted by atomic mass is 16.5. The molecule has 0 aliphatic heterocycles. The van der Waals surface area contributed by atoms with Crippen LogP contribution in [0.25, 0.3) is 0 Å². The molecule has 0 aliphatic carbocycles. The minimum absolute atomic E-state index is 0.279. The van der Waals surface area contributed by atoms with Gasteiger partial charge in [0, 0.05) is 5.92 Å². The van der Waals surface area contributed by atoms with Crippen molar-refractivity contribution in [1.29, 1.82) is 0 Å². The zero-order valence-corrected chi connectivity index (χ0v) is 16.7. The quantitative estimate of drug-likeness (QED) is 0.580. The predicted octanol–water partition coefficient (Wildman–Crippen LogP) is 2.80. The lowest BCUT2D eigenvalue weighted by atomic mass is 9.99. The van der Waals surface area contributed by atoms with Crippen LogP contribution in [-0.4, -0.2) is 49.9 Å². The maximum atomic E-state index is 10.0. The molecule has 0 fully saturated rings. The van der Waals surface area contributed by atoms with Crippen LogP contribution in [0.4, 0.5) is 0 Å². The van der Waals surface area contributed by atoms with Crippen molar-refractivity contribution in [2.24, 2.45) is 5.92 Å². The first-order valence-electron chi connectivity index (χ1n) is 9.31. The third-order valence-corrected chi connectivity index (χ3v) is 4.71. The Labute approximate surface area is 166 Å². The van der Waals surface area contributed by atoms with Crippen LogP contribution >= 0.6 is 0 Å². The topological polar surface area (TPSA) is 77.4 Å². The van der Waals surface area contributed by atoms with Gasteiger partial charge in [-0.05, 0) is 35.4 Å². The van der Waals surface area contributed by atoms with Gasteiger partial charge in [-0.2, -0.15) is 0 Å². The molecule has 0 amide bonds. The van der Waals surface area contributed by atoms with Crippen LogP contribution < -0.4 is 9.47 Å². The number of hydrogen-bond donors (Lipinski definition) is 2. The molecule has 2 aromatic rings. The summed E-state index contributed by atoms with van der Waals surface area (Å²) in [6.07, 6.45) is -1.23. The van der Waals surface area contributed by atoms with Crippen LogP contribution in [0, 0.1) is 5.92 Å². The molecule has 2 N–H and O–H groups in total. The fourth-order valence-electron chi connectivity index (χ4n) is 2.71. The van der Waals surface area contributed by atoms with Gasteiger partial charge in [-0.15, -0.1) is 0 Å². The molecule has 2 aromatic carbocycles. The molecule has 0 saturated carbocycles. The molecule has 6 nitrogen and oxygen atoms in total. The number of hydrogen-bond acceptors (Lipinski definition) is 6. The standard InChI is InChI=1S/C22H30O6/c1-16(21(24)12-23)22(28-14-18-6-10-20(26-3)11-7-18)15-27-13-17-4-8-19(25-2)9-5-17/h4-11,16,21-24H,12-15H2,1-3H3/t16-,21-,22-/m1/s1. The molecule has 0 saturated heterocycles. The normalized spacial score (nSPS) is 14.3. The van der Waals surface area contributed by atoms with E-state index in [-0.39, 0.29) is 18.6 Å². The average molecular weight is 390 g/mol. The van der Waals surface area contributed by atoms with Crippen molar-refractivity contribution in [2.75, 3.05) is 27.4 Å². The lowest BCUT2D eigenvalue weighted by Gasteiger charge is -2.27. The Kier molecular flexibility index (Phi) is 9.23. The van der Waals surface area contributed by atoms with Crippen LogP contribution in [0.3, 0.4) is 0 Å². The van der Waals surface area contributed by atoms with E-state index < -0.39 is 6.10 Å². The molecule has 0 bridgehead atoms. The molecule has 0 heterocycles. The summed E-state index contributed by atoms with van der Waals surface area (Å²) in [5.74, 6) is 1.30. The molecule has 0 spiro atoms. The SMILES string of the molecule is COc1ccc(COC[C@@H](OCc2ccc(OC)cc2)[C@H](C)[C@H](O)CO)cc1. The fraction of sp³-hybridized carbons (Fsp3) is 0.455. The van der Waals surface area contributed by atoms with Crippen molar-refractivity contribution in [3.8, 4) is 11.5 Å². The molecular formula is C22H30O6. The highest BCUT2D eigenvalue weighted by Gasteiger charge is 2.25. The van der Waals surface area contributed by atoms with E-state index in [1.807, 2.05) is 55.5 Å². The number of aliphatic hydroxyl groups excluding tert-OH is 2. The Balaban J connectivity index is 1.91. The summed E-state index contributed by atoms with van der Waals surface area (Å²) in [5.41, 5.74) is 2.01. The summed E-state index contributed by atoms with van der Waals surface area (Å²) in [6.45, 7) is 2.64. The first-order valence-corrected chi connectivity index (χ1v) is 9.31. The van der Waals surface area contributed by atoms with E-state index in [0.717, 1.165) is 22.6 Å². The molecule has 6 heteroatoms. The first kappa shape index (κ1) is 22.2. The smallest absolute Gasteiger partial charge is 0.118 e.